The van der Waals surface area contributed by atoms with E-state index >= 15 is 0 Å². The summed E-state index contributed by atoms with van der Waals surface area (Å²) < 4.78 is 5.51. The molecule has 5 N–H and O–H groups in total. The van der Waals surface area contributed by atoms with E-state index in [4.69, 9.17) is 16.2 Å². The van der Waals surface area contributed by atoms with Crippen LogP contribution in [0.1, 0.15) is 38.5 Å². The number of hydrogen-bond donors (Lipinski definition) is 3. The SMILES string of the molecule is NCCC(CNC(=O)COC1C#CCCCCC1)C(N)=O. The van der Waals surface area contributed by atoms with Crippen LogP contribution in [0.3, 0.4) is 0 Å². The quantitative estimate of drug-likeness (QED) is 0.544. The van der Waals surface area contributed by atoms with Gasteiger partial charge in [-0.2, -0.15) is 0 Å². The van der Waals surface area contributed by atoms with Crippen LogP contribution in [0.5, 0.6) is 0 Å². The molecule has 0 radical (unpaired) electrons. The Bertz CT molecular complexity index is 401. The Labute approximate surface area is 126 Å². The number of nitrogens with two attached hydrogens (primary N) is 2. The topological polar surface area (TPSA) is 107 Å². The summed E-state index contributed by atoms with van der Waals surface area (Å²) in [6.07, 6.45) is 5.40. The molecule has 0 aromatic carbocycles. The number of primary amides is 1. The molecule has 0 aromatic rings. The van der Waals surface area contributed by atoms with E-state index in [1.54, 1.807) is 0 Å². The molecule has 0 saturated carbocycles. The van der Waals surface area contributed by atoms with Gasteiger partial charge in [-0.3, -0.25) is 9.59 Å². The summed E-state index contributed by atoms with van der Waals surface area (Å²) in [5.74, 6) is 4.95. The zero-order valence-electron chi connectivity index (χ0n) is 12.4. The van der Waals surface area contributed by atoms with Crippen LogP contribution in [-0.2, 0) is 14.3 Å². The highest BCUT2D eigenvalue weighted by molar-refractivity contribution is 5.80. The minimum atomic E-state index is -0.451. The number of carbonyl (C=O) groups excluding carboxylic acids is 2. The fourth-order valence-electron chi connectivity index (χ4n) is 2.11. The van der Waals surface area contributed by atoms with Gasteiger partial charge in [-0.15, -0.1) is 5.92 Å². The molecule has 21 heavy (non-hydrogen) atoms. The second-order valence-corrected chi connectivity index (χ2v) is 5.20. The Kier molecular flexibility index (Phi) is 8.48. The number of hydrogen-bond acceptors (Lipinski definition) is 4. The second-order valence-electron chi connectivity index (χ2n) is 5.20. The van der Waals surface area contributed by atoms with E-state index in [1.807, 2.05) is 0 Å². The summed E-state index contributed by atoms with van der Waals surface area (Å²) in [5.41, 5.74) is 10.6. The van der Waals surface area contributed by atoms with Gasteiger partial charge in [-0.25, -0.2) is 0 Å². The number of amides is 2. The van der Waals surface area contributed by atoms with Gasteiger partial charge in [0, 0.05) is 13.0 Å². The van der Waals surface area contributed by atoms with Gasteiger partial charge in [0.15, 0.2) is 0 Å². The molecule has 0 fully saturated rings. The molecular weight excluding hydrogens is 270 g/mol. The first kappa shape index (κ1) is 17.5. The van der Waals surface area contributed by atoms with E-state index < -0.39 is 11.8 Å². The Morgan fingerprint density at radius 3 is 2.86 bits per heavy atom. The van der Waals surface area contributed by atoms with Crippen LogP contribution in [0, 0.1) is 17.8 Å². The number of carbonyl (C=O) groups is 2. The van der Waals surface area contributed by atoms with Gasteiger partial charge in [0.05, 0.1) is 5.92 Å². The number of ether oxygens (including phenoxy) is 1. The maximum atomic E-state index is 11.7. The van der Waals surface area contributed by atoms with Crippen molar-refractivity contribution < 1.29 is 14.3 Å². The number of nitrogens with one attached hydrogen (secondary N) is 1. The van der Waals surface area contributed by atoms with Crippen LogP contribution in [0.4, 0.5) is 0 Å². The molecular formula is C15H25N3O3. The molecule has 1 aliphatic rings. The molecule has 0 aliphatic heterocycles. The van der Waals surface area contributed by atoms with Crippen molar-refractivity contribution in [2.24, 2.45) is 17.4 Å². The molecule has 2 unspecified atom stereocenters. The molecule has 2 atom stereocenters. The Morgan fingerprint density at radius 1 is 1.33 bits per heavy atom. The minimum Gasteiger partial charge on any atom is -0.369 e. The molecule has 0 heterocycles. The summed E-state index contributed by atoms with van der Waals surface area (Å²) >= 11 is 0. The maximum Gasteiger partial charge on any atom is 0.246 e. The van der Waals surface area contributed by atoms with Gasteiger partial charge >= 0.3 is 0 Å². The Balaban J connectivity index is 2.27. The molecule has 6 heteroatoms. The van der Waals surface area contributed by atoms with Crippen LogP contribution in [0.15, 0.2) is 0 Å². The van der Waals surface area contributed by atoms with Crippen molar-refractivity contribution >= 4 is 11.8 Å². The zero-order chi connectivity index (χ0) is 15.5. The van der Waals surface area contributed by atoms with Gasteiger partial charge in [-0.1, -0.05) is 12.3 Å². The smallest absolute Gasteiger partial charge is 0.246 e. The number of rotatable bonds is 8. The monoisotopic (exact) mass is 295 g/mol. The van der Waals surface area contributed by atoms with Crippen molar-refractivity contribution in [2.75, 3.05) is 19.7 Å². The van der Waals surface area contributed by atoms with Crippen LogP contribution in [-0.4, -0.2) is 37.6 Å². The third-order valence-electron chi connectivity index (χ3n) is 3.41. The van der Waals surface area contributed by atoms with Crippen LogP contribution in [0.2, 0.25) is 0 Å². The molecule has 2 amide bonds. The van der Waals surface area contributed by atoms with Crippen molar-refractivity contribution in [3.63, 3.8) is 0 Å². The summed E-state index contributed by atoms with van der Waals surface area (Å²) in [6.45, 7) is 0.510. The highest BCUT2D eigenvalue weighted by Gasteiger charge is 2.16. The normalized spacial score (nSPS) is 19.6. The standard InChI is InChI=1S/C15H25N3O3/c16-9-8-12(15(17)20)10-18-14(19)11-21-13-6-4-2-1-3-5-7-13/h12-13H,1-4,6,8-11,16H2,(H2,17,20)(H,18,19). The fourth-order valence-corrected chi connectivity index (χ4v) is 2.11. The zero-order valence-corrected chi connectivity index (χ0v) is 12.4. The lowest BCUT2D eigenvalue weighted by Gasteiger charge is -2.15. The first-order chi connectivity index (χ1) is 10.1. The van der Waals surface area contributed by atoms with E-state index in [-0.39, 0.29) is 25.2 Å². The van der Waals surface area contributed by atoms with E-state index in [2.05, 4.69) is 17.2 Å². The lowest BCUT2D eigenvalue weighted by molar-refractivity contribution is -0.127. The highest BCUT2D eigenvalue weighted by Crippen LogP contribution is 2.10. The molecule has 0 spiro atoms. The van der Waals surface area contributed by atoms with Crippen LogP contribution in [0.25, 0.3) is 0 Å². The van der Waals surface area contributed by atoms with Gasteiger partial charge in [0.25, 0.3) is 0 Å². The lowest BCUT2D eigenvalue weighted by atomic mass is 10.1. The summed E-state index contributed by atoms with van der Waals surface area (Å²) in [4.78, 5) is 22.8. The molecule has 0 saturated heterocycles. The first-order valence-corrected chi connectivity index (χ1v) is 7.49. The van der Waals surface area contributed by atoms with E-state index in [0.29, 0.717) is 13.0 Å². The van der Waals surface area contributed by atoms with Crippen LogP contribution >= 0.6 is 0 Å². The average Bonchev–Trinajstić information content (AvgIpc) is 2.41. The molecule has 1 aliphatic carbocycles. The summed E-state index contributed by atoms with van der Waals surface area (Å²) in [6, 6.07) is 0. The molecule has 1 rings (SSSR count). The highest BCUT2D eigenvalue weighted by atomic mass is 16.5. The predicted molar refractivity (Wildman–Crippen MR) is 80.0 cm³/mol. The largest absolute Gasteiger partial charge is 0.369 e. The summed E-state index contributed by atoms with van der Waals surface area (Å²) in [5, 5.41) is 2.65. The summed E-state index contributed by atoms with van der Waals surface area (Å²) in [7, 11) is 0. The lowest BCUT2D eigenvalue weighted by Crippen LogP contribution is -2.39. The van der Waals surface area contributed by atoms with E-state index in [1.165, 1.54) is 0 Å². The first-order valence-electron chi connectivity index (χ1n) is 7.49. The van der Waals surface area contributed by atoms with Crippen molar-refractivity contribution in [2.45, 2.75) is 44.6 Å². The average molecular weight is 295 g/mol. The minimum absolute atomic E-state index is 0.0482. The third kappa shape index (κ3) is 7.69. The third-order valence-corrected chi connectivity index (χ3v) is 3.41. The molecule has 6 nitrogen and oxygen atoms in total. The van der Waals surface area contributed by atoms with Crippen molar-refractivity contribution in [1.82, 2.24) is 5.32 Å². The Hall–Kier alpha value is -1.58. The Morgan fingerprint density at radius 2 is 2.14 bits per heavy atom. The van der Waals surface area contributed by atoms with Crippen molar-refractivity contribution in [1.29, 1.82) is 0 Å². The molecule has 118 valence electrons. The molecule has 0 aromatic heterocycles. The fraction of sp³-hybridized carbons (Fsp3) is 0.733. The predicted octanol–water partition coefficient (Wildman–Crippen LogP) is -0.0944. The molecule has 0 bridgehead atoms. The second kappa shape index (κ2) is 10.2. The van der Waals surface area contributed by atoms with E-state index in [9.17, 15) is 9.59 Å². The van der Waals surface area contributed by atoms with E-state index in [0.717, 1.165) is 32.1 Å². The van der Waals surface area contributed by atoms with Gasteiger partial charge in [0.1, 0.15) is 12.7 Å². The van der Waals surface area contributed by atoms with Gasteiger partial charge in [0.2, 0.25) is 11.8 Å². The van der Waals surface area contributed by atoms with Crippen molar-refractivity contribution in [3.05, 3.63) is 0 Å². The maximum absolute atomic E-state index is 11.7. The van der Waals surface area contributed by atoms with Crippen molar-refractivity contribution in [3.8, 4) is 11.8 Å². The van der Waals surface area contributed by atoms with Gasteiger partial charge in [-0.05, 0) is 32.2 Å². The van der Waals surface area contributed by atoms with Gasteiger partial charge < -0.3 is 21.5 Å². The van der Waals surface area contributed by atoms with Crippen LogP contribution < -0.4 is 16.8 Å².